The number of aliphatic hydroxyl groups excluding tert-OH is 1. The van der Waals surface area contributed by atoms with Crippen molar-refractivity contribution in [2.75, 3.05) is 19.0 Å². The molecule has 3 amide bonds. The van der Waals surface area contributed by atoms with Gasteiger partial charge in [-0.2, -0.15) is 0 Å². The van der Waals surface area contributed by atoms with E-state index < -0.39 is 28.7 Å². The molecule has 3 aliphatic rings. The Morgan fingerprint density at radius 1 is 1.42 bits per heavy atom. The van der Waals surface area contributed by atoms with Crippen molar-refractivity contribution in [3.05, 3.63) is 28.8 Å². The van der Waals surface area contributed by atoms with Crippen LogP contribution >= 0.6 is 39.3 Å². The number of alkyl halides is 1. The first-order valence-corrected chi connectivity index (χ1v) is 12.4. The summed E-state index contributed by atoms with van der Waals surface area (Å²) in [7, 11) is 1.56. The summed E-state index contributed by atoms with van der Waals surface area (Å²) in [5.74, 6) is -1.94. The average molecular weight is 531 g/mol. The average Bonchev–Trinajstić information content (AvgIpc) is 3.33. The van der Waals surface area contributed by atoms with Gasteiger partial charge in [0.1, 0.15) is 6.04 Å². The molecule has 3 fully saturated rings. The van der Waals surface area contributed by atoms with Crippen LogP contribution in [0.4, 0.5) is 5.69 Å². The molecule has 0 saturated carbocycles. The van der Waals surface area contributed by atoms with Gasteiger partial charge in [0.05, 0.1) is 39.9 Å². The first-order valence-electron chi connectivity index (χ1n) is 10.2. The van der Waals surface area contributed by atoms with Crippen LogP contribution in [-0.4, -0.2) is 68.3 Å². The normalized spacial score (nSPS) is 34.6. The number of amides is 3. The van der Waals surface area contributed by atoms with E-state index in [1.165, 1.54) is 4.90 Å². The first-order chi connectivity index (χ1) is 14.7. The zero-order valence-corrected chi connectivity index (χ0v) is 20.6. The van der Waals surface area contributed by atoms with Gasteiger partial charge in [0, 0.05) is 17.1 Å². The number of nitrogens with one attached hydrogen (secondary N) is 2. The lowest BCUT2D eigenvalue weighted by atomic mass is 9.70. The second kappa shape index (κ2) is 8.24. The van der Waals surface area contributed by atoms with E-state index in [0.29, 0.717) is 17.1 Å². The molecule has 2 bridgehead atoms. The number of benzene rings is 1. The van der Waals surface area contributed by atoms with Crippen molar-refractivity contribution >= 4 is 62.7 Å². The van der Waals surface area contributed by atoms with E-state index in [1.54, 1.807) is 37.9 Å². The van der Waals surface area contributed by atoms with Gasteiger partial charge in [-0.3, -0.25) is 14.4 Å². The summed E-state index contributed by atoms with van der Waals surface area (Å²) in [4.78, 5) is 41.6. The number of thioether (sulfide) groups is 1. The molecule has 0 radical (unpaired) electrons. The summed E-state index contributed by atoms with van der Waals surface area (Å²) >= 11 is 11.6. The smallest absolute Gasteiger partial charge is 0.248 e. The van der Waals surface area contributed by atoms with Crippen LogP contribution in [0, 0.1) is 18.8 Å². The number of anilines is 1. The highest BCUT2D eigenvalue weighted by molar-refractivity contribution is 9.09. The Balaban J connectivity index is 1.78. The molecule has 1 spiro atoms. The molecule has 3 unspecified atom stereocenters. The maximum atomic E-state index is 13.7. The Bertz CT molecular complexity index is 929. The zero-order chi connectivity index (χ0) is 22.7. The molecule has 168 valence electrons. The van der Waals surface area contributed by atoms with E-state index in [-0.39, 0.29) is 34.4 Å². The van der Waals surface area contributed by atoms with E-state index in [2.05, 4.69) is 26.6 Å². The number of nitrogens with zero attached hydrogens (tertiary/aromatic N) is 1. The molecule has 3 aliphatic heterocycles. The summed E-state index contributed by atoms with van der Waals surface area (Å²) in [6.45, 7) is 3.29. The molecule has 1 aromatic carbocycles. The lowest BCUT2D eigenvalue weighted by Gasteiger charge is -2.36. The monoisotopic (exact) mass is 529 g/mol. The Kier molecular flexibility index (Phi) is 6.09. The fourth-order valence-corrected chi connectivity index (χ4v) is 9.25. The minimum Gasteiger partial charge on any atom is -0.394 e. The van der Waals surface area contributed by atoms with Crippen LogP contribution in [0.5, 0.6) is 0 Å². The fourth-order valence-electron chi connectivity index (χ4n) is 5.38. The van der Waals surface area contributed by atoms with Crippen LogP contribution in [0.25, 0.3) is 0 Å². The Morgan fingerprint density at radius 2 is 2.13 bits per heavy atom. The van der Waals surface area contributed by atoms with E-state index >= 15 is 0 Å². The highest BCUT2D eigenvalue weighted by Gasteiger charge is 2.75. The maximum absolute atomic E-state index is 13.7. The lowest BCUT2D eigenvalue weighted by Crippen LogP contribution is -2.55. The molecule has 10 heteroatoms. The van der Waals surface area contributed by atoms with Crippen LogP contribution in [0.15, 0.2) is 18.2 Å². The molecule has 3 N–H and O–H groups in total. The number of likely N-dealkylation sites (tertiary alicyclic amines) is 1. The third-order valence-corrected chi connectivity index (χ3v) is 10.3. The summed E-state index contributed by atoms with van der Waals surface area (Å²) < 4.78 is -0.754. The number of carbonyl (C=O) groups is 3. The largest absolute Gasteiger partial charge is 0.394 e. The molecule has 3 heterocycles. The molecule has 0 aromatic heterocycles. The highest BCUT2D eigenvalue weighted by atomic mass is 79.9. The van der Waals surface area contributed by atoms with E-state index in [4.69, 9.17) is 11.6 Å². The second-order valence-electron chi connectivity index (χ2n) is 8.48. The summed E-state index contributed by atoms with van der Waals surface area (Å²) in [5.41, 5.74) is 1.32. The third-order valence-electron chi connectivity index (χ3n) is 6.73. The van der Waals surface area contributed by atoms with Crippen LogP contribution < -0.4 is 10.6 Å². The number of rotatable bonds is 5. The van der Waals surface area contributed by atoms with Gasteiger partial charge in [0.15, 0.2) is 0 Å². The van der Waals surface area contributed by atoms with Gasteiger partial charge in [-0.1, -0.05) is 39.7 Å². The zero-order valence-electron chi connectivity index (χ0n) is 17.4. The minimum absolute atomic E-state index is 0.00517. The molecule has 4 rings (SSSR count). The molecular weight excluding hydrogens is 506 g/mol. The standard InChI is InChI=1S/C21H25BrClN3O4S/c1-9-5-4-6-12(23)15(9)25-19(29)17-21-7-11(22)16(31-21)13(18(28)24-3)14(21)20(30)26(17)10(2)8-27/h4-6,10-11,13-14,16-17,27H,7-8H2,1-3H3,(H,24,28)(H,25,29)/t10-,11?,13-,14+,16-,17?,21?/m1/s1. The first kappa shape index (κ1) is 22.9. The molecule has 3 saturated heterocycles. The van der Waals surface area contributed by atoms with Gasteiger partial charge in [0.2, 0.25) is 17.7 Å². The lowest BCUT2D eigenvalue weighted by molar-refractivity contribution is -0.141. The molecule has 0 aliphatic carbocycles. The van der Waals surface area contributed by atoms with Gasteiger partial charge < -0.3 is 20.6 Å². The fraction of sp³-hybridized carbons (Fsp3) is 0.571. The minimum atomic E-state index is -0.826. The summed E-state index contributed by atoms with van der Waals surface area (Å²) in [6, 6.07) is 3.97. The van der Waals surface area contributed by atoms with Gasteiger partial charge in [-0.15, -0.1) is 11.8 Å². The van der Waals surface area contributed by atoms with Crippen molar-refractivity contribution in [1.82, 2.24) is 10.2 Å². The van der Waals surface area contributed by atoms with Crippen molar-refractivity contribution in [3.8, 4) is 0 Å². The topological polar surface area (TPSA) is 98.7 Å². The van der Waals surface area contributed by atoms with Crippen molar-refractivity contribution in [1.29, 1.82) is 0 Å². The van der Waals surface area contributed by atoms with Crippen LogP contribution in [-0.2, 0) is 14.4 Å². The van der Waals surface area contributed by atoms with Crippen LogP contribution in [0.1, 0.15) is 18.9 Å². The predicted octanol–water partition coefficient (Wildman–Crippen LogP) is 2.18. The summed E-state index contributed by atoms with van der Waals surface area (Å²) in [5, 5.41) is 15.8. The number of aryl methyl sites for hydroxylation is 1. The van der Waals surface area contributed by atoms with Gasteiger partial charge in [-0.25, -0.2) is 0 Å². The molecule has 7 nitrogen and oxygen atoms in total. The van der Waals surface area contributed by atoms with Crippen molar-refractivity contribution in [2.24, 2.45) is 11.8 Å². The van der Waals surface area contributed by atoms with E-state index in [1.807, 2.05) is 13.0 Å². The number of fused-ring (bicyclic) bond motifs is 1. The Hall–Kier alpha value is -1.29. The quantitative estimate of drug-likeness (QED) is 0.507. The SMILES string of the molecule is CNC(=O)[C@H]1[C@@H]2SC3(CC2Br)C(C(=O)Nc2c(C)cccc2Cl)N([C@H](C)CO)C(=O)[C@H]13. The molecule has 31 heavy (non-hydrogen) atoms. The maximum Gasteiger partial charge on any atom is 0.248 e. The Morgan fingerprint density at radius 3 is 2.74 bits per heavy atom. The van der Waals surface area contributed by atoms with E-state index in [0.717, 1.165) is 5.56 Å². The van der Waals surface area contributed by atoms with Crippen molar-refractivity contribution in [3.63, 3.8) is 0 Å². The highest BCUT2D eigenvalue weighted by Crippen LogP contribution is 2.68. The number of hydrogen-bond acceptors (Lipinski definition) is 5. The van der Waals surface area contributed by atoms with Crippen LogP contribution in [0.2, 0.25) is 5.02 Å². The van der Waals surface area contributed by atoms with Crippen LogP contribution in [0.3, 0.4) is 0 Å². The van der Waals surface area contributed by atoms with E-state index in [9.17, 15) is 19.5 Å². The number of halogens is 2. The summed E-state index contributed by atoms with van der Waals surface area (Å²) in [6.07, 6.45) is 0.584. The van der Waals surface area contributed by atoms with Gasteiger partial charge >= 0.3 is 0 Å². The predicted molar refractivity (Wildman–Crippen MR) is 124 cm³/mol. The van der Waals surface area contributed by atoms with Gasteiger partial charge in [0.25, 0.3) is 0 Å². The Labute approximate surface area is 198 Å². The van der Waals surface area contributed by atoms with Crippen molar-refractivity contribution < 1.29 is 19.5 Å². The molecular formula is C21H25BrClN3O4S. The number of carbonyl (C=O) groups excluding carboxylic acids is 3. The number of aliphatic hydroxyl groups is 1. The molecule has 1 aromatic rings. The number of para-hydroxylation sites is 1. The third kappa shape index (κ3) is 3.31. The molecule has 7 atom stereocenters. The second-order valence-corrected chi connectivity index (χ2v) is 11.6. The van der Waals surface area contributed by atoms with Gasteiger partial charge in [-0.05, 0) is 31.9 Å². The number of hydrogen-bond donors (Lipinski definition) is 3. The van der Waals surface area contributed by atoms with Crippen molar-refractivity contribution in [2.45, 2.75) is 47.2 Å².